The highest BCUT2D eigenvalue weighted by Gasteiger charge is 2.36. The maximum atomic E-state index is 13.6. The maximum Gasteiger partial charge on any atom is 0.242 e. The molecule has 0 radical (unpaired) electrons. The van der Waals surface area contributed by atoms with Gasteiger partial charge in [-0.1, -0.05) is 48.4 Å². The first-order valence-corrected chi connectivity index (χ1v) is 18.5. The molecule has 1 heterocycles. The van der Waals surface area contributed by atoms with Gasteiger partial charge in [-0.05, 0) is 81.4 Å². The molecule has 246 valence electrons. The lowest BCUT2D eigenvalue weighted by molar-refractivity contribution is -0.129. The summed E-state index contributed by atoms with van der Waals surface area (Å²) < 4.78 is 35.9. The van der Waals surface area contributed by atoms with Crippen LogP contribution < -0.4 is 10.5 Å². The lowest BCUT2D eigenvalue weighted by atomic mass is 9.94. The molecule has 2 amide bonds. The second-order valence-electron chi connectivity index (χ2n) is 12.7. The van der Waals surface area contributed by atoms with Crippen LogP contribution in [0.2, 0.25) is 0 Å². The number of nitrogens with zero attached hydrogens (tertiary/aromatic N) is 2. The minimum atomic E-state index is -4.05. The summed E-state index contributed by atoms with van der Waals surface area (Å²) in [5.41, 5.74) is 6.86. The number of aromatic nitrogens is 1. The number of nitrogens with one attached hydrogen (secondary N) is 1. The molecule has 0 spiro atoms. The average molecular weight is 669 g/mol. The topological polar surface area (TPSA) is 149 Å². The van der Waals surface area contributed by atoms with Crippen LogP contribution in [0.4, 0.5) is 0 Å². The molecule has 0 aliphatic heterocycles. The van der Waals surface area contributed by atoms with E-state index in [4.69, 9.17) is 10.5 Å². The van der Waals surface area contributed by atoms with Crippen LogP contribution >= 0.6 is 21.6 Å². The smallest absolute Gasteiger partial charge is 0.242 e. The van der Waals surface area contributed by atoms with Crippen LogP contribution in [0.25, 0.3) is 0 Å². The molecule has 13 heteroatoms. The molecule has 2 rings (SSSR count). The first-order chi connectivity index (χ1) is 20.4. The molecule has 3 N–H and O–H groups in total. The van der Waals surface area contributed by atoms with Crippen molar-refractivity contribution in [2.45, 2.75) is 89.5 Å². The van der Waals surface area contributed by atoms with Crippen LogP contribution in [0, 0.1) is 12.3 Å². The van der Waals surface area contributed by atoms with Gasteiger partial charge in [0.1, 0.15) is 5.03 Å². The molecule has 44 heavy (non-hydrogen) atoms. The van der Waals surface area contributed by atoms with E-state index in [0.717, 1.165) is 28.2 Å². The molecule has 0 aromatic carbocycles. The Morgan fingerprint density at radius 1 is 1.16 bits per heavy atom. The fourth-order valence-corrected chi connectivity index (χ4v) is 8.10. The largest absolute Gasteiger partial charge is 0.374 e. The van der Waals surface area contributed by atoms with E-state index >= 15 is 0 Å². The monoisotopic (exact) mass is 668 g/mol. The van der Waals surface area contributed by atoms with E-state index in [0.29, 0.717) is 25.1 Å². The predicted molar refractivity (Wildman–Crippen MR) is 179 cm³/mol. The summed E-state index contributed by atoms with van der Waals surface area (Å²) in [6.07, 6.45) is 7.70. The zero-order chi connectivity index (χ0) is 33.1. The second kappa shape index (κ2) is 16.9. The van der Waals surface area contributed by atoms with Gasteiger partial charge in [-0.3, -0.25) is 14.4 Å². The number of nitrogens with two attached hydrogens (primary N) is 1. The lowest BCUT2D eigenvalue weighted by Crippen LogP contribution is -2.49. The Labute approximate surface area is 270 Å². The second-order valence-corrected chi connectivity index (χ2v) is 17.0. The third-order valence-electron chi connectivity index (χ3n) is 7.18. The summed E-state index contributed by atoms with van der Waals surface area (Å²) in [5.74, 6) is -0.468. The van der Waals surface area contributed by atoms with Gasteiger partial charge >= 0.3 is 0 Å². The number of amides is 2. The predicted octanol–water partition coefficient (Wildman–Crippen LogP) is 4.59. The van der Waals surface area contributed by atoms with Crippen molar-refractivity contribution >= 4 is 49.2 Å². The Morgan fingerprint density at radius 2 is 1.86 bits per heavy atom. The summed E-state index contributed by atoms with van der Waals surface area (Å²) in [7, 11) is 0.469. The minimum absolute atomic E-state index is 0.0383. The van der Waals surface area contributed by atoms with Crippen LogP contribution in [-0.4, -0.2) is 79.2 Å². The van der Waals surface area contributed by atoms with E-state index in [1.54, 1.807) is 34.0 Å². The summed E-state index contributed by atoms with van der Waals surface area (Å²) >= 11 is 0. The molecule has 0 bridgehead atoms. The first kappa shape index (κ1) is 38.0. The molecule has 0 saturated heterocycles. The number of sulfonamides is 1. The quantitative estimate of drug-likeness (QED) is 0.160. The van der Waals surface area contributed by atoms with Gasteiger partial charge in [-0.15, -0.1) is 0 Å². The van der Waals surface area contributed by atoms with E-state index in [1.807, 2.05) is 45.1 Å². The Kier molecular flexibility index (Phi) is 14.6. The third kappa shape index (κ3) is 13.4. The van der Waals surface area contributed by atoms with Crippen molar-refractivity contribution in [3.63, 3.8) is 0 Å². The van der Waals surface area contributed by atoms with E-state index in [2.05, 4.69) is 9.71 Å². The Balaban J connectivity index is 2.09. The van der Waals surface area contributed by atoms with Crippen LogP contribution in [0.5, 0.6) is 0 Å². The van der Waals surface area contributed by atoms with E-state index in [1.165, 1.54) is 26.5 Å². The number of ether oxygens (including phenoxy) is 1. The molecule has 1 aromatic heterocycles. The highest BCUT2D eigenvalue weighted by Crippen LogP contribution is 2.31. The average Bonchev–Trinajstić information content (AvgIpc) is 2.94. The highest BCUT2D eigenvalue weighted by molar-refractivity contribution is 8.76. The standard InChI is InChI=1S/C31H48N4O6S3/c1-22-8-13-28(33-19-22)43-42-17-15-26(29(38)35(7)16-14-24-9-11-25(12-10-24)23(2)36)44(39,40)34-20-30(3,4)21-41-31(5,6)18-27(32)37/h8-9,11,13,19,26,34H,10,12,14-18,20-21H2,1-7H3,(H2,32,37). The number of allylic oxidation sites excluding steroid dienone is 3. The number of pyridine rings is 1. The molecule has 1 aromatic rings. The highest BCUT2D eigenvalue weighted by atomic mass is 33.1. The van der Waals surface area contributed by atoms with E-state index < -0.39 is 38.1 Å². The maximum absolute atomic E-state index is 13.6. The molecule has 1 atom stereocenters. The van der Waals surface area contributed by atoms with Crippen molar-refractivity contribution in [3.05, 3.63) is 47.2 Å². The Morgan fingerprint density at radius 3 is 2.43 bits per heavy atom. The number of ketones is 1. The van der Waals surface area contributed by atoms with Crippen molar-refractivity contribution in [1.29, 1.82) is 0 Å². The van der Waals surface area contributed by atoms with Crippen molar-refractivity contribution in [2.75, 3.05) is 32.5 Å². The van der Waals surface area contributed by atoms with Gasteiger partial charge in [-0.2, -0.15) is 0 Å². The molecular formula is C31H48N4O6S3. The van der Waals surface area contributed by atoms with Gasteiger partial charge in [0, 0.05) is 37.5 Å². The third-order valence-corrected chi connectivity index (χ3v) is 11.2. The Bertz CT molecular complexity index is 1320. The van der Waals surface area contributed by atoms with Crippen LogP contribution in [0.1, 0.15) is 72.3 Å². The molecule has 0 fully saturated rings. The minimum Gasteiger partial charge on any atom is -0.374 e. The van der Waals surface area contributed by atoms with Crippen LogP contribution in [-0.2, 0) is 29.1 Å². The fourth-order valence-electron chi connectivity index (χ4n) is 4.33. The Hall–Kier alpha value is -2.19. The lowest BCUT2D eigenvalue weighted by Gasteiger charge is -2.32. The number of primary amides is 1. The van der Waals surface area contributed by atoms with Gasteiger partial charge in [0.15, 0.2) is 11.0 Å². The summed E-state index contributed by atoms with van der Waals surface area (Å²) in [5, 5.41) is -0.468. The number of hydrogen-bond donors (Lipinski definition) is 2. The molecule has 1 aliphatic rings. The van der Waals surface area contributed by atoms with Gasteiger partial charge < -0.3 is 15.4 Å². The normalized spacial score (nSPS) is 14.9. The van der Waals surface area contributed by atoms with Crippen LogP contribution in [0.15, 0.2) is 46.7 Å². The molecule has 1 aliphatic carbocycles. The number of Topliss-reactive ketones (excluding diaryl/α,β-unsaturated/α-hetero) is 1. The van der Waals surface area contributed by atoms with Crippen molar-refractivity contribution < 1.29 is 27.5 Å². The molecule has 1 unspecified atom stereocenters. The van der Waals surface area contributed by atoms with Gasteiger partial charge in [0.05, 0.1) is 18.6 Å². The summed E-state index contributed by atoms with van der Waals surface area (Å²) in [6.45, 7) is 11.3. The van der Waals surface area contributed by atoms with Crippen LogP contribution in [0.3, 0.4) is 0 Å². The number of carbonyl (C=O) groups excluding carboxylic acids is 3. The molecule has 0 saturated carbocycles. The first-order valence-electron chi connectivity index (χ1n) is 14.7. The zero-order valence-electron chi connectivity index (χ0n) is 27.0. The van der Waals surface area contributed by atoms with E-state index in [-0.39, 0.29) is 31.8 Å². The number of carbonyl (C=O) groups is 3. The summed E-state index contributed by atoms with van der Waals surface area (Å²) in [6, 6.07) is 3.87. The number of aryl methyl sites for hydroxylation is 1. The molecular weight excluding hydrogens is 621 g/mol. The fraction of sp³-hybridized carbons (Fsp3) is 0.613. The van der Waals surface area contributed by atoms with Gasteiger partial charge in [0.25, 0.3) is 0 Å². The number of rotatable bonds is 19. The zero-order valence-corrected chi connectivity index (χ0v) is 29.4. The SMILES string of the molecule is CC(=O)C1=CC=C(CCN(C)C(=O)C(CCSSc2ccc(C)cn2)S(=O)(=O)NCC(C)(C)COC(C)(C)CC(N)=O)CC1. The van der Waals surface area contributed by atoms with Crippen molar-refractivity contribution in [3.8, 4) is 0 Å². The van der Waals surface area contributed by atoms with Gasteiger partial charge in [0.2, 0.25) is 21.8 Å². The number of hydrogen-bond acceptors (Lipinski definition) is 9. The van der Waals surface area contributed by atoms with Crippen molar-refractivity contribution in [1.82, 2.24) is 14.6 Å². The van der Waals surface area contributed by atoms with E-state index in [9.17, 15) is 22.8 Å². The molecule has 10 nitrogen and oxygen atoms in total. The van der Waals surface area contributed by atoms with Crippen molar-refractivity contribution in [2.24, 2.45) is 11.1 Å². The summed E-state index contributed by atoms with van der Waals surface area (Å²) in [4.78, 5) is 42.5. The van der Waals surface area contributed by atoms with Gasteiger partial charge in [-0.25, -0.2) is 18.1 Å².